The largest absolute Gasteiger partial charge is 0.303 e. The maximum absolute atomic E-state index is 2.68. The van der Waals surface area contributed by atoms with Gasteiger partial charge in [-0.05, 0) is 50.7 Å². The minimum atomic E-state index is 0.781. The molecular weight excluding hydrogens is 362 g/mol. The van der Waals surface area contributed by atoms with Crippen LogP contribution in [-0.4, -0.2) is 24.5 Å². The van der Waals surface area contributed by atoms with E-state index in [1.807, 2.05) is 0 Å². The van der Waals surface area contributed by atoms with Gasteiger partial charge >= 0.3 is 0 Å². The van der Waals surface area contributed by atoms with Crippen molar-refractivity contribution in [1.82, 2.24) is 4.90 Å². The molecule has 2 bridgehead atoms. The minimum Gasteiger partial charge on any atom is -0.303 e. The van der Waals surface area contributed by atoms with Gasteiger partial charge in [-0.25, -0.2) is 0 Å². The van der Waals surface area contributed by atoms with E-state index >= 15 is 0 Å². The molecule has 1 heteroatoms. The van der Waals surface area contributed by atoms with Crippen LogP contribution in [0.2, 0.25) is 0 Å². The van der Waals surface area contributed by atoms with Gasteiger partial charge in [0.1, 0.15) is 0 Å². The van der Waals surface area contributed by atoms with Crippen molar-refractivity contribution in [2.45, 2.75) is 161 Å². The molecule has 0 aliphatic carbocycles. The van der Waals surface area contributed by atoms with E-state index in [4.69, 9.17) is 0 Å². The predicted molar refractivity (Wildman–Crippen MR) is 135 cm³/mol. The first-order valence-corrected chi connectivity index (χ1v) is 14.6. The van der Waals surface area contributed by atoms with Crippen LogP contribution in [0.5, 0.6) is 0 Å². The fourth-order valence-corrected chi connectivity index (χ4v) is 6.03. The fraction of sp³-hybridized carbons (Fsp3) is 1.00. The molecule has 3 fully saturated rings. The third-order valence-electron chi connectivity index (χ3n) is 8.44. The second-order valence-corrected chi connectivity index (χ2v) is 11.1. The molecule has 3 aliphatic rings. The van der Waals surface area contributed by atoms with Crippen LogP contribution in [0, 0.1) is 5.41 Å². The Bertz CT molecular complexity index is 355. The van der Waals surface area contributed by atoms with Crippen molar-refractivity contribution < 1.29 is 0 Å². The van der Waals surface area contributed by atoms with E-state index < -0.39 is 0 Å². The SMILES string of the molecule is CCCCCCCCCCCCCCCCCCCCCCC12CCN(CC1)CC2. The van der Waals surface area contributed by atoms with E-state index in [2.05, 4.69) is 11.8 Å². The number of fused-ring (bicyclic) bond motifs is 3. The second kappa shape index (κ2) is 17.5. The van der Waals surface area contributed by atoms with Gasteiger partial charge in [0.05, 0.1) is 0 Å². The van der Waals surface area contributed by atoms with Gasteiger partial charge in [-0.2, -0.15) is 0 Å². The summed E-state index contributed by atoms with van der Waals surface area (Å²) in [5.74, 6) is 0. The summed E-state index contributed by atoms with van der Waals surface area (Å²) >= 11 is 0. The van der Waals surface area contributed by atoms with Crippen molar-refractivity contribution in [2.75, 3.05) is 19.6 Å². The lowest BCUT2D eigenvalue weighted by molar-refractivity contribution is 0.0180. The van der Waals surface area contributed by atoms with E-state index in [1.54, 1.807) is 6.42 Å². The highest BCUT2D eigenvalue weighted by molar-refractivity contribution is 4.91. The van der Waals surface area contributed by atoms with Crippen molar-refractivity contribution in [3.63, 3.8) is 0 Å². The molecule has 0 aromatic heterocycles. The van der Waals surface area contributed by atoms with Crippen molar-refractivity contribution in [3.05, 3.63) is 0 Å². The molecule has 0 N–H and O–H groups in total. The Hall–Kier alpha value is -0.0400. The van der Waals surface area contributed by atoms with E-state index in [1.165, 1.54) is 167 Å². The van der Waals surface area contributed by atoms with E-state index in [0.29, 0.717) is 0 Å². The third-order valence-corrected chi connectivity index (χ3v) is 8.44. The zero-order valence-electron chi connectivity index (χ0n) is 21.0. The smallest absolute Gasteiger partial charge is 0.00134 e. The summed E-state index contributed by atoms with van der Waals surface area (Å²) in [6.07, 6.45) is 35.8. The van der Waals surface area contributed by atoms with E-state index in [9.17, 15) is 0 Å². The number of unbranched alkanes of at least 4 members (excludes halogenated alkanes) is 19. The Morgan fingerprint density at radius 2 is 0.733 bits per heavy atom. The average molecular weight is 420 g/mol. The number of piperidine rings is 3. The summed E-state index contributed by atoms with van der Waals surface area (Å²) in [6.45, 7) is 6.51. The van der Waals surface area contributed by atoms with Gasteiger partial charge in [0.15, 0.2) is 0 Å². The average Bonchev–Trinajstić information content (AvgIpc) is 2.79. The summed E-state index contributed by atoms with van der Waals surface area (Å²) in [6, 6.07) is 0. The molecule has 0 aromatic rings. The molecule has 30 heavy (non-hydrogen) atoms. The first-order valence-electron chi connectivity index (χ1n) is 14.6. The maximum atomic E-state index is 2.68. The highest BCUT2D eigenvalue weighted by Gasteiger charge is 2.38. The number of nitrogens with zero attached hydrogens (tertiary/aromatic N) is 1. The molecule has 0 spiro atoms. The number of rotatable bonds is 21. The van der Waals surface area contributed by atoms with E-state index in [-0.39, 0.29) is 0 Å². The Balaban J connectivity index is 1.22. The van der Waals surface area contributed by atoms with Gasteiger partial charge in [0.25, 0.3) is 0 Å². The molecule has 3 heterocycles. The molecule has 1 nitrogen and oxygen atoms in total. The van der Waals surface area contributed by atoms with Crippen molar-refractivity contribution in [1.29, 1.82) is 0 Å². The van der Waals surface area contributed by atoms with Crippen LogP contribution in [0.15, 0.2) is 0 Å². The molecule has 0 amide bonds. The van der Waals surface area contributed by atoms with Crippen molar-refractivity contribution >= 4 is 0 Å². The van der Waals surface area contributed by atoms with Crippen LogP contribution in [0.4, 0.5) is 0 Å². The molecule has 0 aromatic carbocycles. The van der Waals surface area contributed by atoms with Gasteiger partial charge in [0, 0.05) is 0 Å². The first kappa shape index (κ1) is 26.2. The first-order chi connectivity index (χ1) is 14.8. The Morgan fingerprint density at radius 1 is 0.433 bits per heavy atom. The highest BCUT2D eigenvalue weighted by Crippen LogP contribution is 2.44. The molecule has 3 aliphatic heterocycles. The normalized spacial score (nSPS) is 23.3. The lowest BCUT2D eigenvalue weighted by atomic mass is 9.69. The van der Waals surface area contributed by atoms with Gasteiger partial charge in [-0.3, -0.25) is 0 Å². The molecule has 0 unspecified atom stereocenters. The quantitative estimate of drug-likeness (QED) is 0.167. The molecule has 3 rings (SSSR count). The van der Waals surface area contributed by atoms with Crippen LogP contribution in [0.25, 0.3) is 0 Å². The number of hydrogen-bond donors (Lipinski definition) is 0. The van der Waals surface area contributed by atoms with Crippen LogP contribution in [0.3, 0.4) is 0 Å². The van der Waals surface area contributed by atoms with Crippen LogP contribution >= 0.6 is 0 Å². The Labute approximate surface area is 191 Å². The van der Waals surface area contributed by atoms with Crippen LogP contribution in [0.1, 0.15) is 161 Å². The molecule has 0 radical (unpaired) electrons. The van der Waals surface area contributed by atoms with Gasteiger partial charge in [-0.1, -0.05) is 135 Å². The summed E-state index contributed by atoms with van der Waals surface area (Å²) in [5.41, 5.74) is 0.781. The van der Waals surface area contributed by atoms with Gasteiger partial charge in [-0.15, -0.1) is 0 Å². The lowest BCUT2D eigenvalue weighted by Crippen LogP contribution is -2.48. The maximum Gasteiger partial charge on any atom is -0.00134 e. The molecular formula is C29H57N. The predicted octanol–water partition coefficient (Wildman–Crippen LogP) is 9.68. The zero-order chi connectivity index (χ0) is 21.2. The zero-order valence-corrected chi connectivity index (χ0v) is 21.0. The second-order valence-electron chi connectivity index (χ2n) is 11.1. The molecule has 178 valence electrons. The molecule has 0 saturated carbocycles. The van der Waals surface area contributed by atoms with Crippen LogP contribution < -0.4 is 0 Å². The highest BCUT2D eigenvalue weighted by atomic mass is 15.1. The molecule has 3 saturated heterocycles. The Kier molecular flexibility index (Phi) is 15.3. The van der Waals surface area contributed by atoms with Gasteiger partial charge < -0.3 is 4.90 Å². The van der Waals surface area contributed by atoms with E-state index in [0.717, 1.165) is 5.41 Å². The van der Waals surface area contributed by atoms with Crippen LogP contribution in [-0.2, 0) is 0 Å². The summed E-state index contributed by atoms with van der Waals surface area (Å²) in [4.78, 5) is 2.68. The van der Waals surface area contributed by atoms with Gasteiger partial charge in [0.2, 0.25) is 0 Å². The minimum absolute atomic E-state index is 0.781. The Morgan fingerprint density at radius 3 is 1.07 bits per heavy atom. The topological polar surface area (TPSA) is 3.24 Å². The molecule has 0 atom stereocenters. The summed E-state index contributed by atoms with van der Waals surface area (Å²) in [7, 11) is 0. The summed E-state index contributed by atoms with van der Waals surface area (Å²) in [5, 5.41) is 0. The number of hydrogen-bond acceptors (Lipinski definition) is 1. The monoisotopic (exact) mass is 419 g/mol. The van der Waals surface area contributed by atoms with Crippen molar-refractivity contribution in [2.24, 2.45) is 5.41 Å². The third kappa shape index (κ3) is 12.1. The standard InChI is InChI=1S/C29H57N/c1-2-3-4-5-6-7-8-9-10-11-12-13-14-15-16-17-18-19-20-21-22-29-23-26-30(27-24-29)28-25-29/h2-28H2,1H3. The van der Waals surface area contributed by atoms with Crippen molar-refractivity contribution in [3.8, 4) is 0 Å². The lowest BCUT2D eigenvalue weighted by Gasteiger charge is -2.48. The fourth-order valence-electron chi connectivity index (χ4n) is 6.03. The summed E-state index contributed by atoms with van der Waals surface area (Å²) < 4.78 is 0.